The zero-order chi connectivity index (χ0) is 13.9. The van der Waals surface area contributed by atoms with Gasteiger partial charge >= 0.3 is 0 Å². The SMILES string of the molecule is Oc1ccc(-c2ccccc2)nc1-c1cccc(Cl)c1. The van der Waals surface area contributed by atoms with Crippen molar-refractivity contribution in [2.24, 2.45) is 0 Å². The fraction of sp³-hybridized carbons (Fsp3) is 0. The van der Waals surface area contributed by atoms with Crippen LogP contribution in [-0.2, 0) is 0 Å². The summed E-state index contributed by atoms with van der Waals surface area (Å²) < 4.78 is 0. The van der Waals surface area contributed by atoms with Crippen LogP contribution in [0.25, 0.3) is 22.5 Å². The summed E-state index contributed by atoms with van der Waals surface area (Å²) in [5.41, 5.74) is 3.16. The summed E-state index contributed by atoms with van der Waals surface area (Å²) in [7, 11) is 0. The molecule has 98 valence electrons. The number of hydrogen-bond acceptors (Lipinski definition) is 2. The molecule has 0 saturated heterocycles. The molecule has 0 saturated carbocycles. The molecular formula is C17H12ClNO. The maximum atomic E-state index is 10.0. The van der Waals surface area contributed by atoms with Gasteiger partial charge in [-0.1, -0.05) is 54.1 Å². The van der Waals surface area contributed by atoms with Crippen molar-refractivity contribution in [3.05, 3.63) is 71.8 Å². The van der Waals surface area contributed by atoms with E-state index in [9.17, 15) is 5.11 Å². The second kappa shape index (κ2) is 5.35. The zero-order valence-corrected chi connectivity index (χ0v) is 11.4. The second-order valence-corrected chi connectivity index (χ2v) is 4.88. The Hall–Kier alpha value is -2.32. The highest BCUT2D eigenvalue weighted by molar-refractivity contribution is 6.30. The van der Waals surface area contributed by atoms with E-state index in [1.807, 2.05) is 42.5 Å². The van der Waals surface area contributed by atoms with Crippen molar-refractivity contribution in [2.75, 3.05) is 0 Å². The van der Waals surface area contributed by atoms with Crippen molar-refractivity contribution >= 4 is 11.6 Å². The Labute approximate surface area is 122 Å². The van der Waals surface area contributed by atoms with Gasteiger partial charge in [-0.05, 0) is 24.3 Å². The Kier molecular flexibility index (Phi) is 3.40. The quantitative estimate of drug-likeness (QED) is 0.733. The van der Waals surface area contributed by atoms with Crippen molar-refractivity contribution in [3.63, 3.8) is 0 Å². The minimum Gasteiger partial charge on any atom is -0.506 e. The lowest BCUT2D eigenvalue weighted by Gasteiger charge is -2.07. The lowest BCUT2D eigenvalue weighted by molar-refractivity contribution is 0.475. The predicted molar refractivity (Wildman–Crippen MR) is 81.8 cm³/mol. The highest BCUT2D eigenvalue weighted by Crippen LogP contribution is 2.31. The van der Waals surface area contributed by atoms with Crippen LogP contribution in [0.15, 0.2) is 66.7 Å². The van der Waals surface area contributed by atoms with Gasteiger partial charge in [0.15, 0.2) is 0 Å². The van der Waals surface area contributed by atoms with Crippen LogP contribution in [0.5, 0.6) is 5.75 Å². The van der Waals surface area contributed by atoms with Crippen LogP contribution in [0.3, 0.4) is 0 Å². The van der Waals surface area contributed by atoms with E-state index in [1.54, 1.807) is 24.3 Å². The van der Waals surface area contributed by atoms with Gasteiger partial charge in [0.2, 0.25) is 0 Å². The Bertz CT molecular complexity index is 741. The van der Waals surface area contributed by atoms with E-state index in [-0.39, 0.29) is 5.75 Å². The summed E-state index contributed by atoms with van der Waals surface area (Å²) in [5.74, 6) is 0.145. The summed E-state index contributed by atoms with van der Waals surface area (Å²) >= 11 is 5.99. The molecule has 0 spiro atoms. The topological polar surface area (TPSA) is 33.1 Å². The first-order valence-corrected chi connectivity index (χ1v) is 6.63. The third-order valence-electron chi connectivity index (χ3n) is 3.04. The number of aromatic hydroxyl groups is 1. The molecule has 0 atom stereocenters. The van der Waals surface area contributed by atoms with Crippen LogP contribution in [0.2, 0.25) is 5.02 Å². The maximum Gasteiger partial charge on any atom is 0.141 e. The van der Waals surface area contributed by atoms with Gasteiger partial charge in [0, 0.05) is 16.1 Å². The van der Waals surface area contributed by atoms with Crippen molar-refractivity contribution in [1.29, 1.82) is 0 Å². The van der Waals surface area contributed by atoms with Gasteiger partial charge in [-0.15, -0.1) is 0 Å². The number of nitrogens with zero attached hydrogens (tertiary/aromatic N) is 1. The van der Waals surface area contributed by atoms with E-state index in [2.05, 4.69) is 4.98 Å². The summed E-state index contributed by atoms with van der Waals surface area (Å²) in [6.45, 7) is 0. The second-order valence-electron chi connectivity index (χ2n) is 4.44. The molecule has 20 heavy (non-hydrogen) atoms. The van der Waals surface area contributed by atoms with Gasteiger partial charge in [0.25, 0.3) is 0 Å². The molecule has 1 aromatic heterocycles. The fourth-order valence-corrected chi connectivity index (χ4v) is 2.26. The predicted octanol–water partition coefficient (Wildman–Crippen LogP) is 4.77. The maximum absolute atomic E-state index is 10.0. The van der Waals surface area contributed by atoms with Gasteiger partial charge in [-0.2, -0.15) is 0 Å². The number of halogens is 1. The molecule has 0 amide bonds. The van der Waals surface area contributed by atoms with E-state index >= 15 is 0 Å². The molecule has 2 aromatic carbocycles. The first kappa shape index (κ1) is 12.7. The third kappa shape index (κ3) is 2.51. The van der Waals surface area contributed by atoms with Crippen molar-refractivity contribution < 1.29 is 5.11 Å². The van der Waals surface area contributed by atoms with Gasteiger partial charge in [-0.3, -0.25) is 0 Å². The van der Waals surface area contributed by atoms with E-state index in [0.717, 1.165) is 16.8 Å². The van der Waals surface area contributed by atoms with E-state index in [4.69, 9.17) is 11.6 Å². The van der Waals surface area contributed by atoms with Crippen molar-refractivity contribution in [3.8, 4) is 28.3 Å². The zero-order valence-electron chi connectivity index (χ0n) is 10.6. The molecule has 2 nitrogen and oxygen atoms in total. The molecular weight excluding hydrogens is 270 g/mol. The van der Waals surface area contributed by atoms with Crippen LogP contribution in [0.4, 0.5) is 0 Å². The summed E-state index contributed by atoms with van der Waals surface area (Å²) in [6, 6.07) is 20.6. The molecule has 0 radical (unpaired) electrons. The average Bonchev–Trinajstić information content (AvgIpc) is 2.48. The lowest BCUT2D eigenvalue weighted by Crippen LogP contribution is -1.89. The van der Waals surface area contributed by atoms with Gasteiger partial charge in [0.05, 0.1) is 5.69 Å². The standard InChI is InChI=1S/C17H12ClNO/c18-14-8-4-7-13(11-14)17-16(20)10-9-15(19-17)12-5-2-1-3-6-12/h1-11,20H. The normalized spacial score (nSPS) is 10.4. The van der Waals surface area contributed by atoms with E-state index < -0.39 is 0 Å². The summed E-state index contributed by atoms with van der Waals surface area (Å²) in [5, 5.41) is 10.6. The summed E-state index contributed by atoms with van der Waals surface area (Å²) in [4.78, 5) is 4.55. The Morgan fingerprint density at radius 2 is 1.55 bits per heavy atom. The van der Waals surface area contributed by atoms with Crippen LogP contribution in [-0.4, -0.2) is 10.1 Å². The van der Waals surface area contributed by atoms with Crippen LogP contribution < -0.4 is 0 Å². The molecule has 0 bridgehead atoms. The molecule has 0 aliphatic heterocycles. The first-order valence-electron chi connectivity index (χ1n) is 6.25. The number of hydrogen-bond donors (Lipinski definition) is 1. The molecule has 3 heteroatoms. The number of pyridine rings is 1. The Morgan fingerprint density at radius 3 is 2.30 bits per heavy atom. The van der Waals surface area contributed by atoms with Crippen LogP contribution >= 0.6 is 11.6 Å². The van der Waals surface area contributed by atoms with Crippen molar-refractivity contribution in [2.45, 2.75) is 0 Å². The van der Waals surface area contributed by atoms with Gasteiger partial charge < -0.3 is 5.11 Å². The third-order valence-corrected chi connectivity index (χ3v) is 3.28. The molecule has 3 aromatic rings. The molecule has 3 rings (SSSR count). The van der Waals surface area contributed by atoms with Gasteiger partial charge in [-0.25, -0.2) is 4.98 Å². The minimum absolute atomic E-state index is 0.145. The molecule has 0 unspecified atom stereocenters. The van der Waals surface area contributed by atoms with Crippen LogP contribution in [0.1, 0.15) is 0 Å². The first-order chi connectivity index (χ1) is 9.74. The van der Waals surface area contributed by atoms with E-state index in [1.165, 1.54) is 0 Å². The summed E-state index contributed by atoms with van der Waals surface area (Å²) in [6.07, 6.45) is 0. The highest BCUT2D eigenvalue weighted by atomic mass is 35.5. The van der Waals surface area contributed by atoms with E-state index in [0.29, 0.717) is 10.7 Å². The molecule has 0 aliphatic rings. The van der Waals surface area contributed by atoms with Crippen LogP contribution in [0, 0.1) is 0 Å². The molecule has 1 N–H and O–H groups in total. The minimum atomic E-state index is 0.145. The van der Waals surface area contributed by atoms with Gasteiger partial charge in [0.1, 0.15) is 11.4 Å². The number of aromatic nitrogens is 1. The largest absolute Gasteiger partial charge is 0.506 e. The molecule has 1 heterocycles. The number of rotatable bonds is 2. The number of benzene rings is 2. The van der Waals surface area contributed by atoms with Crippen molar-refractivity contribution in [1.82, 2.24) is 4.98 Å². The fourth-order valence-electron chi connectivity index (χ4n) is 2.07. The Morgan fingerprint density at radius 1 is 0.800 bits per heavy atom. The monoisotopic (exact) mass is 281 g/mol. The smallest absolute Gasteiger partial charge is 0.141 e. The molecule has 0 fully saturated rings. The molecule has 0 aliphatic carbocycles. The Balaban J connectivity index is 2.12. The average molecular weight is 282 g/mol. The lowest BCUT2D eigenvalue weighted by atomic mass is 10.1. The highest BCUT2D eigenvalue weighted by Gasteiger charge is 2.09.